The van der Waals surface area contributed by atoms with Crippen LogP contribution >= 0.6 is 0 Å². The lowest BCUT2D eigenvalue weighted by atomic mass is 10.1. The lowest BCUT2D eigenvalue weighted by Crippen LogP contribution is -2.26. The Morgan fingerprint density at radius 3 is 2.19 bits per heavy atom. The summed E-state index contributed by atoms with van der Waals surface area (Å²) in [6.07, 6.45) is 3.33. The van der Waals surface area contributed by atoms with E-state index in [2.05, 4.69) is 43.9 Å². The van der Waals surface area contributed by atoms with Crippen molar-refractivity contribution in [3.05, 3.63) is 23.8 Å². The van der Waals surface area contributed by atoms with Crippen molar-refractivity contribution in [1.29, 1.82) is 0 Å². The normalized spacial score (nSPS) is 10.4. The molecule has 2 nitrogen and oxygen atoms in total. The highest BCUT2D eigenvalue weighted by molar-refractivity contribution is 5.71. The molecule has 2 heteroatoms. The fourth-order valence-corrected chi connectivity index (χ4v) is 2.08. The molecular formula is C14H24N2. The third kappa shape index (κ3) is 2.91. The summed E-state index contributed by atoms with van der Waals surface area (Å²) in [5.41, 5.74) is 9.65. The molecule has 0 heterocycles. The van der Waals surface area contributed by atoms with Crippen LogP contribution in [0.25, 0.3) is 0 Å². The quantitative estimate of drug-likeness (QED) is 0.744. The number of aryl methyl sites for hydroxylation is 1. The number of anilines is 2. The summed E-state index contributed by atoms with van der Waals surface area (Å²) in [4.78, 5) is 2.40. The second-order valence-corrected chi connectivity index (χ2v) is 4.19. The molecule has 0 fully saturated rings. The van der Waals surface area contributed by atoms with Gasteiger partial charge >= 0.3 is 0 Å². The smallest absolute Gasteiger partial charge is 0.0602 e. The average molecular weight is 220 g/mol. The Morgan fingerprint density at radius 2 is 1.69 bits per heavy atom. The first-order valence-corrected chi connectivity index (χ1v) is 6.36. The zero-order valence-corrected chi connectivity index (χ0v) is 10.8. The molecule has 0 aliphatic carbocycles. The maximum Gasteiger partial charge on any atom is 0.0602 e. The van der Waals surface area contributed by atoms with E-state index < -0.39 is 0 Å². The van der Waals surface area contributed by atoms with Gasteiger partial charge < -0.3 is 10.6 Å². The molecule has 0 radical (unpaired) electrons. The molecule has 0 saturated heterocycles. The van der Waals surface area contributed by atoms with Crippen LogP contribution in [0.1, 0.15) is 39.2 Å². The van der Waals surface area contributed by atoms with Crippen molar-refractivity contribution in [3.63, 3.8) is 0 Å². The molecule has 1 aromatic carbocycles. The van der Waals surface area contributed by atoms with Crippen LogP contribution in [-0.2, 0) is 6.42 Å². The van der Waals surface area contributed by atoms with Crippen LogP contribution in [0.5, 0.6) is 0 Å². The van der Waals surface area contributed by atoms with Crippen LogP contribution in [0, 0.1) is 0 Å². The molecule has 0 unspecified atom stereocenters. The summed E-state index contributed by atoms with van der Waals surface area (Å²) in [5.74, 6) is 0. The van der Waals surface area contributed by atoms with Crippen LogP contribution in [-0.4, -0.2) is 13.1 Å². The van der Waals surface area contributed by atoms with Gasteiger partial charge in [0.15, 0.2) is 0 Å². The molecule has 0 aromatic heterocycles. The molecule has 1 aromatic rings. The van der Waals surface area contributed by atoms with Gasteiger partial charge in [-0.25, -0.2) is 0 Å². The topological polar surface area (TPSA) is 29.3 Å². The van der Waals surface area contributed by atoms with Gasteiger partial charge in [-0.15, -0.1) is 0 Å². The van der Waals surface area contributed by atoms with Gasteiger partial charge in [0.25, 0.3) is 0 Å². The molecule has 0 aliphatic heterocycles. The summed E-state index contributed by atoms with van der Waals surface area (Å²) in [5, 5.41) is 0. The van der Waals surface area contributed by atoms with E-state index in [1.54, 1.807) is 0 Å². The monoisotopic (exact) mass is 220 g/mol. The third-order valence-electron chi connectivity index (χ3n) is 2.88. The molecule has 0 bridgehead atoms. The molecule has 0 aliphatic rings. The summed E-state index contributed by atoms with van der Waals surface area (Å²) in [7, 11) is 0. The average Bonchev–Trinajstić information content (AvgIpc) is 2.29. The molecule has 1 rings (SSSR count). The van der Waals surface area contributed by atoms with E-state index in [9.17, 15) is 0 Å². The molecule has 16 heavy (non-hydrogen) atoms. The Labute approximate surface area is 99.5 Å². The fraction of sp³-hybridized carbons (Fsp3) is 0.571. The van der Waals surface area contributed by atoms with Gasteiger partial charge in [0.1, 0.15) is 0 Å². The van der Waals surface area contributed by atoms with E-state index in [-0.39, 0.29) is 0 Å². The Morgan fingerprint density at radius 1 is 1.06 bits per heavy atom. The van der Waals surface area contributed by atoms with Gasteiger partial charge in [-0.3, -0.25) is 0 Å². The third-order valence-corrected chi connectivity index (χ3v) is 2.88. The summed E-state index contributed by atoms with van der Waals surface area (Å²) >= 11 is 0. The van der Waals surface area contributed by atoms with Crippen molar-refractivity contribution < 1.29 is 0 Å². The summed E-state index contributed by atoms with van der Waals surface area (Å²) in [6.45, 7) is 8.75. The van der Waals surface area contributed by atoms with Crippen molar-refractivity contribution in [1.82, 2.24) is 0 Å². The highest BCUT2D eigenvalue weighted by Gasteiger charge is 2.09. The predicted octanol–water partition coefficient (Wildman–Crippen LogP) is 3.46. The van der Waals surface area contributed by atoms with Gasteiger partial charge in [-0.05, 0) is 30.9 Å². The van der Waals surface area contributed by atoms with Gasteiger partial charge in [0, 0.05) is 13.1 Å². The SMILES string of the molecule is CCCN(CCC)c1cccc(CC)c1N. The number of rotatable bonds is 6. The number of para-hydroxylation sites is 1. The van der Waals surface area contributed by atoms with Crippen molar-refractivity contribution in [2.24, 2.45) is 0 Å². The Hall–Kier alpha value is -1.18. The van der Waals surface area contributed by atoms with Crippen molar-refractivity contribution in [2.75, 3.05) is 23.7 Å². The minimum Gasteiger partial charge on any atom is -0.397 e. The first-order valence-electron chi connectivity index (χ1n) is 6.36. The van der Waals surface area contributed by atoms with Crippen LogP contribution < -0.4 is 10.6 Å². The van der Waals surface area contributed by atoms with Gasteiger partial charge in [-0.1, -0.05) is 32.9 Å². The standard InChI is InChI=1S/C14H24N2/c1-4-10-16(11-5-2)13-9-7-8-12(6-3)14(13)15/h7-9H,4-6,10-11,15H2,1-3H3. The zero-order chi connectivity index (χ0) is 12.0. The van der Waals surface area contributed by atoms with E-state index in [1.165, 1.54) is 11.3 Å². The van der Waals surface area contributed by atoms with Gasteiger partial charge in [0.2, 0.25) is 0 Å². The Kier molecular flexibility index (Phi) is 5.17. The second-order valence-electron chi connectivity index (χ2n) is 4.19. The maximum absolute atomic E-state index is 6.21. The van der Waals surface area contributed by atoms with Crippen molar-refractivity contribution in [3.8, 4) is 0 Å². The molecule has 0 saturated carbocycles. The summed E-state index contributed by atoms with van der Waals surface area (Å²) in [6, 6.07) is 6.37. The van der Waals surface area contributed by atoms with Crippen LogP contribution in [0.2, 0.25) is 0 Å². The lowest BCUT2D eigenvalue weighted by molar-refractivity contribution is 0.745. The molecule has 0 atom stereocenters. The number of hydrogen-bond acceptors (Lipinski definition) is 2. The number of nitrogens with two attached hydrogens (primary N) is 1. The molecular weight excluding hydrogens is 196 g/mol. The molecule has 2 N–H and O–H groups in total. The van der Waals surface area contributed by atoms with Gasteiger partial charge in [-0.2, -0.15) is 0 Å². The predicted molar refractivity (Wildman–Crippen MR) is 73.0 cm³/mol. The van der Waals surface area contributed by atoms with E-state index in [0.29, 0.717) is 0 Å². The first-order chi connectivity index (χ1) is 7.74. The number of nitrogen functional groups attached to an aromatic ring is 1. The van der Waals surface area contributed by atoms with Gasteiger partial charge in [0.05, 0.1) is 11.4 Å². The number of nitrogens with zero attached hydrogens (tertiary/aromatic N) is 1. The zero-order valence-electron chi connectivity index (χ0n) is 10.8. The van der Waals surface area contributed by atoms with Crippen LogP contribution in [0.15, 0.2) is 18.2 Å². The first kappa shape index (κ1) is 12.9. The molecule has 0 amide bonds. The van der Waals surface area contributed by atoms with E-state index in [0.717, 1.165) is 38.0 Å². The number of benzene rings is 1. The van der Waals surface area contributed by atoms with E-state index in [1.807, 2.05) is 0 Å². The summed E-state index contributed by atoms with van der Waals surface area (Å²) < 4.78 is 0. The highest BCUT2D eigenvalue weighted by atomic mass is 15.1. The van der Waals surface area contributed by atoms with Crippen LogP contribution in [0.4, 0.5) is 11.4 Å². The fourth-order valence-electron chi connectivity index (χ4n) is 2.08. The lowest BCUT2D eigenvalue weighted by Gasteiger charge is -2.26. The van der Waals surface area contributed by atoms with Crippen molar-refractivity contribution >= 4 is 11.4 Å². The molecule has 0 spiro atoms. The largest absolute Gasteiger partial charge is 0.397 e. The Balaban J connectivity index is 2.98. The second kappa shape index (κ2) is 6.41. The number of hydrogen-bond donors (Lipinski definition) is 1. The van der Waals surface area contributed by atoms with E-state index >= 15 is 0 Å². The minimum absolute atomic E-state index is 0.965. The minimum atomic E-state index is 0.965. The van der Waals surface area contributed by atoms with Crippen LogP contribution in [0.3, 0.4) is 0 Å². The maximum atomic E-state index is 6.21. The van der Waals surface area contributed by atoms with Crippen molar-refractivity contribution in [2.45, 2.75) is 40.0 Å². The Bertz CT molecular complexity index is 315. The molecule has 90 valence electrons. The highest BCUT2D eigenvalue weighted by Crippen LogP contribution is 2.27. The van der Waals surface area contributed by atoms with E-state index in [4.69, 9.17) is 5.73 Å².